The van der Waals surface area contributed by atoms with Crippen LogP contribution in [0.5, 0.6) is 5.75 Å². The van der Waals surface area contributed by atoms with Crippen LogP contribution in [0.25, 0.3) is 0 Å². The van der Waals surface area contributed by atoms with Crippen molar-refractivity contribution >= 4 is 5.91 Å². The van der Waals surface area contributed by atoms with Crippen molar-refractivity contribution in [2.45, 2.75) is 26.8 Å². The molecule has 0 bridgehead atoms. The molecule has 6 nitrogen and oxygen atoms in total. The van der Waals surface area contributed by atoms with Crippen LogP contribution in [0.2, 0.25) is 0 Å². The summed E-state index contributed by atoms with van der Waals surface area (Å²) in [6.45, 7) is 5.29. The largest absolute Gasteiger partial charge is 0.492 e. The molecule has 1 aromatic heterocycles. The molecule has 0 spiro atoms. The molecule has 1 heterocycles. The zero-order chi connectivity index (χ0) is 17.5. The van der Waals surface area contributed by atoms with Gasteiger partial charge in [-0.25, -0.2) is 4.68 Å². The first-order chi connectivity index (χ1) is 11.5. The van der Waals surface area contributed by atoms with E-state index in [0.29, 0.717) is 19.7 Å². The fourth-order valence-electron chi connectivity index (χ4n) is 2.17. The van der Waals surface area contributed by atoms with Crippen molar-refractivity contribution in [1.29, 1.82) is 0 Å². The van der Waals surface area contributed by atoms with E-state index in [-0.39, 0.29) is 17.2 Å². The summed E-state index contributed by atoms with van der Waals surface area (Å²) in [6, 6.07) is 10.6. The monoisotopic (exact) mass is 329 g/mol. The molecule has 0 N–H and O–H groups in total. The van der Waals surface area contributed by atoms with Crippen LogP contribution in [0.3, 0.4) is 0 Å². The van der Waals surface area contributed by atoms with Crippen molar-refractivity contribution in [2.24, 2.45) is 0 Å². The molecule has 0 fully saturated rings. The van der Waals surface area contributed by atoms with Crippen molar-refractivity contribution in [3.8, 4) is 5.75 Å². The molecule has 0 aliphatic heterocycles. The third-order valence-corrected chi connectivity index (χ3v) is 3.58. The highest BCUT2D eigenvalue weighted by Gasteiger charge is 2.14. The number of ether oxygens (including phenoxy) is 1. The second kappa shape index (κ2) is 8.29. The second-order valence-electron chi connectivity index (χ2n) is 5.67. The van der Waals surface area contributed by atoms with Crippen molar-refractivity contribution < 1.29 is 9.53 Å². The first-order valence-electron chi connectivity index (χ1n) is 8.04. The van der Waals surface area contributed by atoms with E-state index in [1.807, 2.05) is 38.1 Å². The number of hydrogen-bond donors (Lipinski definition) is 0. The minimum absolute atomic E-state index is 0.196. The number of aryl methyl sites for hydroxylation is 2. The summed E-state index contributed by atoms with van der Waals surface area (Å²) in [5.41, 5.74) is 1.24. The normalized spacial score (nSPS) is 10.5. The van der Waals surface area contributed by atoms with E-state index in [1.165, 1.54) is 27.3 Å². The van der Waals surface area contributed by atoms with Crippen molar-refractivity contribution in [2.75, 3.05) is 20.2 Å². The van der Waals surface area contributed by atoms with Gasteiger partial charge in [0.15, 0.2) is 0 Å². The molecule has 0 saturated heterocycles. The third-order valence-electron chi connectivity index (χ3n) is 3.58. The molecule has 0 atom stereocenters. The second-order valence-corrected chi connectivity index (χ2v) is 5.67. The Morgan fingerprint density at radius 2 is 1.92 bits per heavy atom. The number of carbonyl (C=O) groups is 1. The van der Waals surface area contributed by atoms with Crippen LogP contribution in [-0.4, -0.2) is 40.8 Å². The van der Waals surface area contributed by atoms with Crippen molar-refractivity contribution in [3.63, 3.8) is 0 Å². The number of rotatable bonds is 7. The highest BCUT2D eigenvalue weighted by Crippen LogP contribution is 2.11. The summed E-state index contributed by atoms with van der Waals surface area (Å²) in [4.78, 5) is 25.6. The summed E-state index contributed by atoms with van der Waals surface area (Å²) in [5.74, 6) is 0.545. The standard InChI is InChI=1S/C18H23N3O3/c1-4-11-21-17(22)10-9-16(19-21)18(23)20(3)12-13-24-15-7-5-14(2)6-8-15/h5-10H,4,11-13H2,1-3H3. The molecule has 24 heavy (non-hydrogen) atoms. The first-order valence-corrected chi connectivity index (χ1v) is 8.04. The zero-order valence-corrected chi connectivity index (χ0v) is 14.4. The predicted molar refractivity (Wildman–Crippen MR) is 92.4 cm³/mol. The lowest BCUT2D eigenvalue weighted by molar-refractivity contribution is 0.0765. The number of aromatic nitrogens is 2. The highest BCUT2D eigenvalue weighted by molar-refractivity contribution is 5.91. The summed E-state index contributed by atoms with van der Waals surface area (Å²) >= 11 is 0. The first kappa shape index (κ1) is 17.7. The maximum Gasteiger partial charge on any atom is 0.274 e. The SMILES string of the molecule is CCCn1nc(C(=O)N(C)CCOc2ccc(C)cc2)ccc1=O. The van der Waals surface area contributed by atoms with E-state index < -0.39 is 0 Å². The minimum atomic E-state index is -0.229. The van der Waals surface area contributed by atoms with Gasteiger partial charge in [-0.2, -0.15) is 5.10 Å². The molecule has 1 aromatic carbocycles. The Morgan fingerprint density at radius 1 is 1.21 bits per heavy atom. The molecule has 1 amide bonds. The molecular weight excluding hydrogens is 306 g/mol. The van der Waals surface area contributed by atoms with Gasteiger partial charge in [-0.05, 0) is 31.5 Å². The van der Waals surface area contributed by atoms with Gasteiger partial charge in [0.2, 0.25) is 0 Å². The molecule has 0 radical (unpaired) electrons. The Labute approximate surface area is 141 Å². The maximum absolute atomic E-state index is 12.4. The summed E-state index contributed by atoms with van der Waals surface area (Å²) < 4.78 is 6.95. The molecule has 2 aromatic rings. The van der Waals surface area contributed by atoms with Crippen molar-refractivity contribution in [1.82, 2.24) is 14.7 Å². The van der Waals surface area contributed by atoms with Crippen LogP contribution in [0.1, 0.15) is 29.4 Å². The fourth-order valence-corrected chi connectivity index (χ4v) is 2.17. The number of hydrogen-bond acceptors (Lipinski definition) is 4. The Balaban J connectivity index is 1.93. The van der Waals surface area contributed by atoms with Gasteiger partial charge >= 0.3 is 0 Å². The maximum atomic E-state index is 12.4. The highest BCUT2D eigenvalue weighted by atomic mass is 16.5. The Bertz CT molecular complexity index is 738. The van der Waals surface area contributed by atoms with Gasteiger partial charge in [0.1, 0.15) is 18.1 Å². The van der Waals surface area contributed by atoms with Crippen LogP contribution < -0.4 is 10.3 Å². The third kappa shape index (κ3) is 4.68. The molecule has 0 saturated carbocycles. The van der Waals surface area contributed by atoms with Gasteiger partial charge in [-0.15, -0.1) is 0 Å². The summed E-state index contributed by atoms with van der Waals surface area (Å²) in [5, 5.41) is 4.13. The van der Waals surface area contributed by atoms with Gasteiger partial charge in [0.25, 0.3) is 11.5 Å². The van der Waals surface area contributed by atoms with Crippen LogP contribution in [0, 0.1) is 6.92 Å². The average Bonchev–Trinajstić information content (AvgIpc) is 2.58. The lowest BCUT2D eigenvalue weighted by Crippen LogP contribution is -2.33. The molecular formula is C18H23N3O3. The van der Waals surface area contributed by atoms with E-state index in [1.54, 1.807) is 7.05 Å². The van der Waals surface area contributed by atoms with Crippen LogP contribution in [0.15, 0.2) is 41.2 Å². The van der Waals surface area contributed by atoms with Gasteiger partial charge in [0.05, 0.1) is 6.54 Å². The number of benzene rings is 1. The summed E-state index contributed by atoms with van der Waals surface area (Å²) in [7, 11) is 1.69. The van der Waals surface area contributed by atoms with E-state index >= 15 is 0 Å². The average molecular weight is 329 g/mol. The number of likely N-dealkylation sites (N-methyl/N-ethyl adjacent to an activating group) is 1. The number of carbonyl (C=O) groups excluding carboxylic acids is 1. The molecule has 6 heteroatoms. The Kier molecular flexibility index (Phi) is 6.12. The fraction of sp³-hybridized carbons (Fsp3) is 0.389. The topological polar surface area (TPSA) is 64.4 Å². The molecule has 0 aliphatic rings. The number of amides is 1. The van der Waals surface area contributed by atoms with Gasteiger partial charge in [-0.3, -0.25) is 9.59 Å². The van der Waals surface area contributed by atoms with Gasteiger partial charge in [0, 0.05) is 19.7 Å². The lowest BCUT2D eigenvalue weighted by Gasteiger charge is -2.17. The smallest absolute Gasteiger partial charge is 0.274 e. The molecule has 128 valence electrons. The van der Waals surface area contributed by atoms with E-state index in [9.17, 15) is 9.59 Å². The minimum Gasteiger partial charge on any atom is -0.492 e. The number of nitrogens with zero attached hydrogens (tertiary/aromatic N) is 3. The van der Waals surface area contributed by atoms with Crippen LogP contribution in [-0.2, 0) is 6.54 Å². The quantitative estimate of drug-likeness (QED) is 0.780. The van der Waals surface area contributed by atoms with E-state index in [4.69, 9.17) is 4.74 Å². The Morgan fingerprint density at radius 3 is 2.58 bits per heavy atom. The van der Waals surface area contributed by atoms with E-state index in [2.05, 4.69) is 5.10 Å². The van der Waals surface area contributed by atoms with Gasteiger partial charge in [-0.1, -0.05) is 24.6 Å². The van der Waals surface area contributed by atoms with Gasteiger partial charge < -0.3 is 9.64 Å². The predicted octanol–water partition coefficient (Wildman–Crippen LogP) is 2.11. The summed E-state index contributed by atoms with van der Waals surface area (Å²) in [6.07, 6.45) is 0.783. The Hall–Kier alpha value is -2.63. The van der Waals surface area contributed by atoms with E-state index in [0.717, 1.165) is 12.2 Å². The van der Waals surface area contributed by atoms with Crippen LogP contribution in [0.4, 0.5) is 0 Å². The lowest BCUT2D eigenvalue weighted by atomic mass is 10.2. The van der Waals surface area contributed by atoms with Crippen LogP contribution >= 0.6 is 0 Å². The van der Waals surface area contributed by atoms with Crippen molar-refractivity contribution in [3.05, 3.63) is 58.0 Å². The molecule has 2 rings (SSSR count). The zero-order valence-electron chi connectivity index (χ0n) is 14.4. The molecule has 0 aliphatic carbocycles. The molecule has 0 unspecified atom stereocenters.